The molecule has 0 rings (SSSR count). The van der Waals surface area contributed by atoms with Gasteiger partial charge in [0.1, 0.15) is 19.0 Å². The average Bonchev–Trinajstić information content (AvgIpc) is 2.58. The number of rotatable bonds is 13. The number of ketones is 1. The Bertz CT molecular complexity index is 593. The molecule has 0 saturated carbocycles. The molecule has 0 amide bonds. The van der Waals surface area contributed by atoms with Crippen molar-refractivity contribution in [2.75, 3.05) is 13.9 Å². The van der Waals surface area contributed by atoms with E-state index < -0.39 is 48.1 Å². The maximum absolute atomic E-state index is 11.8. The summed E-state index contributed by atoms with van der Waals surface area (Å²) in [4.78, 5) is 45.5. The van der Waals surface area contributed by atoms with Crippen LogP contribution in [0.2, 0.25) is 0 Å². The first-order valence-corrected chi connectivity index (χ1v) is 8.38. The monoisotopic (exact) mass is 402 g/mol. The lowest BCUT2D eigenvalue weighted by Gasteiger charge is -2.16. The molecule has 0 spiro atoms. The van der Waals surface area contributed by atoms with E-state index in [0.29, 0.717) is 6.08 Å². The molecule has 0 aliphatic heterocycles. The van der Waals surface area contributed by atoms with E-state index in [2.05, 4.69) is 0 Å². The van der Waals surface area contributed by atoms with Crippen LogP contribution in [-0.2, 0) is 38.1 Å². The van der Waals surface area contributed by atoms with Gasteiger partial charge in [0.15, 0.2) is 11.9 Å². The van der Waals surface area contributed by atoms with Gasteiger partial charge in [-0.15, -0.1) is 0 Å². The van der Waals surface area contributed by atoms with E-state index >= 15 is 0 Å². The summed E-state index contributed by atoms with van der Waals surface area (Å²) in [7, 11) is 1.41. The minimum atomic E-state index is -1.30. The van der Waals surface area contributed by atoms with Gasteiger partial charge in [-0.25, -0.2) is 9.59 Å². The number of carboxylic acid groups (broad SMARTS) is 1. The SMILES string of the molecule is COCO[C@H](/C=C/C(=O)O[C@@H](C)CC(=O)O[C@@H](C)C(=O)/C=C/C(=O)O)[C@H](C)O. The highest BCUT2D eigenvalue weighted by atomic mass is 16.7. The maximum Gasteiger partial charge on any atom is 0.330 e. The average molecular weight is 402 g/mol. The van der Waals surface area contributed by atoms with E-state index in [9.17, 15) is 24.3 Å². The zero-order chi connectivity index (χ0) is 21.7. The lowest BCUT2D eigenvalue weighted by Crippen LogP contribution is -2.27. The number of carbonyl (C=O) groups is 4. The Labute approximate surface area is 162 Å². The van der Waals surface area contributed by atoms with Crippen molar-refractivity contribution >= 4 is 23.7 Å². The predicted octanol–water partition coefficient (Wildman–Crippen LogP) is 0.376. The number of aliphatic hydroxyl groups is 1. The fourth-order valence-electron chi connectivity index (χ4n) is 1.78. The number of aliphatic hydroxyl groups excluding tert-OH is 1. The molecule has 2 N–H and O–H groups in total. The second-order valence-corrected chi connectivity index (χ2v) is 5.80. The summed E-state index contributed by atoms with van der Waals surface area (Å²) < 4.78 is 19.7. The molecule has 0 bridgehead atoms. The normalized spacial score (nSPS) is 15.8. The fourth-order valence-corrected chi connectivity index (χ4v) is 1.78. The zero-order valence-electron chi connectivity index (χ0n) is 16.2. The topological polar surface area (TPSA) is 146 Å². The third-order valence-corrected chi connectivity index (χ3v) is 3.15. The number of hydrogen-bond donors (Lipinski definition) is 2. The van der Waals surface area contributed by atoms with Crippen molar-refractivity contribution < 1.29 is 48.3 Å². The first-order valence-electron chi connectivity index (χ1n) is 8.38. The molecular weight excluding hydrogens is 376 g/mol. The van der Waals surface area contributed by atoms with Gasteiger partial charge in [0.2, 0.25) is 0 Å². The second kappa shape index (κ2) is 13.6. The molecule has 0 aromatic carbocycles. The van der Waals surface area contributed by atoms with Crippen LogP contribution in [0.1, 0.15) is 27.2 Å². The lowest BCUT2D eigenvalue weighted by molar-refractivity contribution is -0.157. The minimum absolute atomic E-state index is 0.0737. The van der Waals surface area contributed by atoms with Gasteiger partial charge in [-0.3, -0.25) is 9.59 Å². The van der Waals surface area contributed by atoms with Gasteiger partial charge >= 0.3 is 17.9 Å². The second-order valence-electron chi connectivity index (χ2n) is 5.80. The molecule has 0 aromatic rings. The van der Waals surface area contributed by atoms with Crippen molar-refractivity contribution in [2.45, 2.75) is 51.6 Å². The van der Waals surface area contributed by atoms with Crippen LogP contribution >= 0.6 is 0 Å². The first-order chi connectivity index (χ1) is 13.1. The molecule has 10 nitrogen and oxygen atoms in total. The fraction of sp³-hybridized carbons (Fsp3) is 0.556. The van der Waals surface area contributed by atoms with Gasteiger partial charge in [0.25, 0.3) is 0 Å². The predicted molar refractivity (Wildman–Crippen MR) is 95.1 cm³/mol. The quantitative estimate of drug-likeness (QED) is 0.252. The molecule has 158 valence electrons. The van der Waals surface area contributed by atoms with Crippen LogP contribution < -0.4 is 0 Å². The Hall–Kier alpha value is -2.56. The summed E-state index contributed by atoms with van der Waals surface area (Å²) in [5.41, 5.74) is 0. The highest BCUT2D eigenvalue weighted by molar-refractivity contribution is 5.98. The summed E-state index contributed by atoms with van der Waals surface area (Å²) in [6.07, 6.45) is -0.204. The molecule has 0 aliphatic carbocycles. The van der Waals surface area contributed by atoms with E-state index in [-0.39, 0.29) is 13.2 Å². The number of methoxy groups -OCH3 is 1. The van der Waals surface area contributed by atoms with Crippen molar-refractivity contribution in [3.05, 3.63) is 24.3 Å². The van der Waals surface area contributed by atoms with Crippen LogP contribution in [0.5, 0.6) is 0 Å². The highest BCUT2D eigenvalue weighted by Crippen LogP contribution is 2.06. The Morgan fingerprint density at radius 2 is 1.64 bits per heavy atom. The Morgan fingerprint density at radius 3 is 2.18 bits per heavy atom. The minimum Gasteiger partial charge on any atom is -0.478 e. The number of carboxylic acids is 1. The molecule has 0 unspecified atom stereocenters. The van der Waals surface area contributed by atoms with E-state index in [1.807, 2.05) is 0 Å². The van der Waals surface area contributed by atoms with Crippen LogP contribution in [0.3, 0.4) is 0 Å². The van der Waals surface area contributed by atoms with E-state index in [0.717, 1.165) is 12.2 Å². The van der Waals surface area contributed by atoms with Crippen LogP contribution in [0.15, 0.2) is 24.3 Å². The van der Waals surface area contributed by atoms with E-state index in [1.165, 1.54) is 34.0 Å². The first kappa shape index (κ1) is 25.4. The Kier molecular flexibility index (Phi) is 12.3. The number of esters is 2. The molecule has 4 atom stereocenters. The summed E-state index contributed by atoms with van der Waals surface area (Å²) in [6.45, 7) is 4.15. The standard InChI is InChI=1S/C18H26O10/c1-11(9-18(24)28-13(3)14(20)5-7-16(21)22)27-17(23)8-6-15(12(2)19)26-10-25-4/h5-8,11-13,15,19H,9-10H2,1-4H3,(H,21,22)/b7-5+,8-6+/t11-,12-,13-,15+/m0/s1. The molecule has 0 fully saturated rings. The largest absolute Gasteiger partial charge is 0.478 e. The summed E-state index contributed by atoms with van der Waals surface area (Å²) >= 11 is 0. The summed E-state index contributed by atoms with van der Waals surface area (Å²) in [6, 6.07) is 0. The molecule has 28 heavy (non-hydrogen) atoms. The maximum atomic E-state index is 11.8. The van der Waals surface area contributed by atoms with Gasteiger partial charge in [-0.1, -0.05) is 0 Å². The Morgan fingerprint density at radius 1 is 1.00 bits per heavy atom. The van der Waals surface area contributed by atoms with Gasteiger partial charge in [-0.05, 0) is 32.9 Å². The highest BCUT2D eigenvalue weighted by Gasteiger charge is 2.20. The van der Waals surface area contributed by atoms with Crippen LogP contribution in [0.4, 0.5) is 0 Å². The number of ether oxygens (including phenoxy) is 4. The van der Waals surface area contributed by atoms with Crippen molar-refractivity contribution in [1.82, 2.24) is 0 Å². The van der Waals surface area contributed by atoms with Crippen LogP contribution in [0, 0.1) is 0 Å². The van der Waals surface area contributed by atoms with Crippen LogP contribution in [-0.4, -0.2) is 72.2 Å². The smallest absolute Gasteiger partial charge is 0.330 e. The molecule has 0 aliphatic rings. The third kappa shape index (κ3) is 11.9. The van der Waals surface area contributed by atoms with E-state index in [4.69, 9.17) is 24.1 Å². The summed E-state index contributed by atoms with van der Waals surface area (Å²) in [5.74, 6) is -3.55. The molecule has 0 radical (unpaired) electrons. The lowest BCUT2D eigenvalue weighted by atomic mass is 10.2. The molecule has 10 heteroatoms. The zero-order valence-corrected chi connectivity index (χ0v) is 16.2. The molecular formula is C18H26O10. The number of carbonyl (C=O) groups excluding carboxylic acids is 3. The van der Waals surface area contributed by atoms with Crippen molar-refractivity contribution in [2.24, 2.45) is 0 Å². The van der Waals surface area contributed by atoms with Gasteiger partial charge in [-0.2, -0.15) is 0 Å². The van der Waals surface area contributed by atoms with Crippen molar-refractivity contribution in [3.8, 4) is 0 Å². The van der Waals surface area contributed by atoms with E-state index in [1.54, 1.807) is 0 Å². The van der Waals surface area contributed by atoms with Gasteiger partial charge < -0.3 is 29.2 Å². The molecule has 0 heterocycles. The third-order valence-electron chi connectivity index (χ3n) is 3.15. The van der Waals surface area contributed by atoms with Gasteiger partial charge in [0, 0.05) is 19.3 Å². The Balaban J connectivity index is 4.47. The van der Waals surface area contributed by atoms with Crippen molar-refractivity contribution in [1.29, 1.82) is 0 Å². The summed E-state index contributed by atoms with van der Waals surface area (Å²) in [5, 5.41) is 18.0. The number of hydrogen-bond acceptors (Lipinski definition) is 9. The van der Waals surface area contributed by atoms with Crippen LogP contribution in [0.25, 0.3) is 0 Å². The van der Waals surface area contributed by atoms with Crippen molar-refractivity contribution in [3.63, 3.8) is 0 Å². The van der Waals surface area contributed by atoms with Gasteiger partial charge in [0.05, 0.1) is 12.5 Å². The molecule has 0 aromatic heterocycles. The molecule has 0 saturated heterocycles. The number of aliphatic carboxylic acids is 1.